The molecule has 0 fully saturated rings. The molecular weight excluding hydrogens is 270 g/mol. The van der Waals surface area contributed by atoms with E-state index in [9.17, 15) is 4.79 Å². The zero-order valence-corrected chi connectivity index (χ0v) is 12.1. The molecule has 0 bridgehead atoms. The fourth-order valence-corrected chi connectivity index (χ4v) is 1.92. The Labute approximate surface area is 122 Å². The van der Waals surface area contributed by atoms with Crippen LogP contribution in [0.2, 0.25) is 0 Å². The zero-order valence-electron chi connectivity index (χ0n) is 12.1. The first kappa shape index (κ1) is 14.6. The van der Waals surface area contributed by atoms with Gasteiger partial charge in [-0.2, -0.15) is 5.10 Å². The number of aryl methyl sites for hydroxylation is 2. The van der Waals surface area contributed by atoms with Crippen molar-refractivity contribution in [1.82, 2.24) is 9.78 Å². The molecule has 0 saturated heterocycles. The van der Waals surface area contributed by atoms with E-state index in [4.69, 9.17) is 16.3 Å². The summed E-state index contributed by atoms with van der Waals surface area (Å²) in [6.07, 6.45) is 1.56. The van der Waals surface area contributed by atoms with Crippen LogP contribution >= 0.6 is 0 Å². The van der Waals surface area contributed by atoms with Gasteiger partial charge in [0.25, 0.3) is 0 Å². The summed E-state index contributed by atoms with van der Waals surface area (Å²) in [6.45, 7) is 3.53. The van der Waals surface area contributed by atoms with Crippen molar-refractivity contribution in [2.75, 3.05) is 5.73 Å². The number of nitrogens with zero attached hydrogens (tertiary/aromatic N) is 3. The van der Waals surface area contributed by atoms with Crippen LogP contribution in [-0.4, -0.2) is 21.6 Å². The number of rotatable bonds is 3. The molecule has 4 N–H and O–H groups in total. The number of nitrogens with two attached hydrogens (primary N) is 2. The highest BCUT2D eigenvalue weighted by molar-refractivity contribution is 6.00. The van der Waals surface area contributed by atoms with Crippen molar-refractivity contribution in [2.24, 2.45) is 17.9 Å². The zero-order chi connectivity index (χ0) is 15.6. The fraction of sp³-hybridized carbons (Fsp3) is 0.214. The predicted octanol–water partition coefficient (Wildman–Crippen LogP) is 1.10. The lowest BCUT2D eigenvalue weighted by Crippen LogP contribution is -2.17. The Morgan fingerprint density at radius 1 is 1.33 bits per heavy atom. The highest BCUT2D eigenvalue weighted by Crippen LogP contribution is 2.15. The maximum Gasteiger partial charge on any atom is 0.369 e. The van der Waals surface area contributed by atoms with Gasteiger partial charge in [0.15, 0.2) is 5.84 Å². The molecule has 0 aliphatic rings. The smallest absolute Gasteiger partial charge is 0.369 e. The number of carbonyl (C=O) groups excluding carboxylic acids is 1. The van der Waals surface area contributed by atoms with Crippen LogP contribution in [0.1, 0.15) is 27.2 Å². The molecule has 21 heavy (non-hydrogen) atoms. The lowest BCUT2D eigenvalue weighted by molar-refractivity contribution is 0.0515. The molecule has 0 amide bonds. The largest absolute Gasteiger partial charge is 0.398 e. The number of hydrogen-bond acceptors (Lipinski definition) is 5. The van der Waals surface area contributed by atoms with Gasteiger partial charge in [0.2, 0.25) is 0 Å². The number of hydrogen-bond donors (Lipinski definition) is 2. The molecular formula is C14H17N5O2. The molecule has 0 saturated carbocycles. The van der Waals surface area contributed by atoms with Gasteiger partial charge in [-0.15, -0.1) is 0 Å². The molecule has 1 heterocycles. The first-order valence-electron chi connectivity index (χ1n) is 6.30. The lowest BCUT2D eigenvalue weighted by atomic mass is 10.1. The van der Waals surface area contributed by atoms with Crippen LogP contribution in [0.25, 0.3) is 0 Å². The van der Waals surface area contributed by atoms with Crippen molar-refractivity contribution >= 4 is 17.5 Å². The van der Waals surface area contributed by atoms with Gasteiger partial charge in [-0.1, -0.05) is 17.3 Å². The van der Waals surface area contributed by atoms with Crippen LogP contribution in [0.5, 0.6) is 0 Å². The summed E-state index contributed by atoms with van der Waals surface area (Å²) in [7, 11) is 1.72. The summed E-state index contributed by atoms with van der Waals surface area (Å²) in [5.41, 5.74) is 14.6. The van der Waals surface area contributed by atoms with Gasteiger partial charge in [0.1, 0.15) is 5.56 Å². The average Bonchev–Trinajstić information content (AvgIpc) is 2.78. The first-order chi connectivity index (χ1) is 9.90. The van der Waals surface area contributed by atoms with Gasteiger partial charge in [0, 0.05) is 24.5 Å². The molecule has 7 heteroatoms. The number of amidine groups is 1. The Kier molecular flexibility index (Phi) is 3.93. The second-order valence-corrected chi connectivity index (χ2v) is 4.68. The number of carbonyl (C=O) groups is 1. The molecule has 2 rings (SSSR count). The predicted molar refractivity (Wildman–Crippen MR) is 79.7 cm³/mol. The lowest BCUT2D eigenvalue weighted by Gasteiger charge is -2.06. The molecule has 110 valence electrons. The molecule has 0 unspecified atom stereocenters. The molecule has 2 aromatic rings. The standard InChI is InChI=1S/C14H17N5O2/c1-8-10(5-4-6-12(8)15)13(16)18-21-14(20)11-7-19(3)17-9(11)2/h4-7H,15H2,1-3H3,(H2,16,18). The van der Waals surface area contributed by atoms with Crippen molar-refractivity contribution in [3.05, 3.63) is 46.8 Å². The van der Waals surface area contributed by atoms with E-state index in [-0.39, 0.29) is 5.84 Å². The van der Waals surface area contributed by atoms with Crippen molar-refractivity contribution in [3.8, 4) is 0 Å². The summed E-state index contributed by atoms with van der Waals surface area (Å²) < 4.78 is 1.53. The fourth-order valence-electron chi connectivity index (χ4n) is 1.92. The Bertz CT molecular complexity index is 718. The molecule has 7 nitrogen and oxygen atoms in total. The number of nitrogen functional groups attached to an aromatic ring is 1. The van der Waals surface area contributed by atoms with Gasteiger partial charge in [-0.05, 0) is 25.5 Å². The summed E-state index contributed by atoms with van der Waals surface area (Å²) in [6, 6.07) is 5.28. The third-order valence-corrected chi connectivity index (χ3v) is 3.11. The van der Waals surface area contributed by atoms with Crippen molar-refractivity contribution in [2.45, 2.75) is 13.8 Å². The van der Waals surface area contributed by atoms with Gasteiger partial charge in [-0.3, -0.25) is 4.68 Å². The third kappa shape index (κ3) is 3.02. The van der Waals surface area contributed by atoms with Crippen molar-refractivity contribution in [3.63, 3.8) is 0 Å². The normalized spacial score (nSPS) is 11.5. The summed E-state index contributed by atoms with van der Waals surface area (Å²) in [5, 5.41) is 7.74. The maximum absolute atomic E-state index is 11.9. The number of aromatic nitrogens is 2. The Balaban J connectivity index is 2.19. The Morgan fingerprint density at radius 2 is 2.05 bits per heavy atom. The molecule has 0 aliphatic carbocycles. The van der Waals surface area contributed by atoms with Crippen LogP contribution in [0.4, 0.5) is 5.69 Å². The summed E-state index contributed by atoms with van der Waals surface area (Å²) >= 11 is 0. The molecule has 0 atom stereocenters. The second kappa shape index (κ2) is 5.66. The van der Waals surface area contributed by atoms with Gasteiger partial charge in [-0.25, -0.2) is 4.79 Å². The van der Waals surface area contributed by atoms with E-state index in [0.717, 1.165) is 5.56 Å². The quantitative estimate of drug-likeness (QED) is 0.289. The van der Waals surface area contributed by atoms with E-state index in [0.29, 0.717) is 22.5 Å². The number of oxime groups is 1. The van der Waals surface area contributed by atoms with E-state index in [2.05, 4.69) is 10.3 Å². The van der Waals surface area contributed by atoms with Crippen molar-refractivity contribution < 1.29 is 9.63 Å². The minimum absolute atomic E-state index is 0.0923. The van der Waals surface area contributed by atoms with E-state index in [1.165, 1.54) is 4.68 Å². The number of benzene rings is 1. The third-order valence-electron chi connectivity index (χ3n) is 3.11. The Morgan fingerprint density at radius 3 is 2.67 bits per heavy atom. The van der Waals surface area contributed by atoms with Crippen LogP contribution in [0.15, 0.2) is 29.6 Å². The summed E-state index contributed by atoms with van der Waals surface area (Å²) in [4.78, 5) is 16.8. The SMILES string of the molecule is Cc1nn(C)cc1C(=O)O/N=C(\N)c1cccc(N)c1C. The topological polar surface area (TPSA) is 109 Å². The first-order valence-corrected chi connectivity index (χ1v) is 6.30. The van der Waals surface area contributed by atoms with Crippen LogP contribution < -0.4 is 11.5 Å². The Hall–Kier alpha value is -2.83. The van der Waals surface area contributed by atoms with Crippen LogP contribution in [0.3, 0.4) is 0 Å². The molecule has 0 radical (unpaired) electrons. The molecule has 0 aliphatic heterocycles. The second-order valence-electron chi connectivity index (χ2n) is 4.68. The minimum atomic E-state index is -0.606. The monoisotopic (exact) mass is 287 g/mol. The molecule has 0 spiro atoms. The van der Waals surface area contributed by atoms with Gasteiger partial charge in [0.05, 0.1) is 5.69 Å². The highest BCUT2D eigenvalue weighted by Gasteiger charge is 2.15. The van der Waals surface area contributed by atoms with E-state index >= 15 is 0 Å². The number of anilines is 1. The average molecular weight is 287 g/mol. The molecule has 1 aromatic carbocycles. The van der Waals surface area contributed by atoms with Gasteiger partial charge >= 0.3 is 5.97 Å². The van der Waals surface area contributed by atoms with E-state index in [1.54, 1.807) is 38.4 Å². The molecule has 1 aromatic heterocycles. The highest BCUT2D eigenvalue weighted by atomic mass is 16.7. The van der Waals surface area contributed by atoms with Crippen LogP contribution in [0, 0.1) is 13.8 Å². The van der Waals surface area contributed by atoms with Crippen molar-refractivity contribution in [1.29, 1.82) is 0 Å². The maximum atomic E-state index is 11.9. The van der Waals surface area contributed by atoms with E-state index < -0.39 is 5.97 Å². The van der Waals surface area contributed by atoms with E-state index in [1.807, 2.05) is 6.92 Å². The minimum Gasteiger partial charge on any atom is -0.398 e. The van der Waals surface area contributed by atoms with Crippen LogP contribution in [-0.2, 0) is 11.9 Å². The summed E-state index contributed by atoms with van der Waals surface area (Å²) in [5.74, 6) is -0.514. The van der Waals surface area contributed by atoms with Gasteiger partial charge < -0.3 is 16.3 Å².